The largest absolute Gasteiger partial charge is 0.377 e. The zero-order chi connectivity index (χ0) is 30.6. The summed E-state index contributed by atoms with van der Waals surface area (Å²) >= 11 is 0.517. The molecule has 0 saturated carbocycles. The summed E-state index contributed by atoms with van der Waals surface area (Å²) in [5.74, 6) is 0. The molecule has 2 aromatic heterocycles. The Bertz CT molecular complexity index is 1720. The highest BCUT2D eigenvalue weighted by molar-refractivity contribution is 7.89. The number of halogens is 3. The molecule has 4 heterocycles. The van der Waals surface area contributed by atoms with Crippen molar-refractivity contribution in [3.8, 4) is 5.13 Å². The number of amides is 2. The molecular weight excluding hydrogens is 599 g/mol. The summed E-state index contributed by atoms with van der Waals surface area (Å²) in [4.78, 5) is 29.2. The fraction of sp³-hybridized carbons (Fsp3) is 0.520. The van der Waals surface area contributed by atoms with Crippen LogP contribution in [0.5, 0.6) is 0 Å². The first kappa shape index (κ1) is 30.2. The van der Waals surface area contributed by atoms with E-state index < -0.39 is 39.4 Å². The van der Waals surface area contributed by atoms with E-state index in [2.05, 4.69) is 14.9 Å². The molecule has 228 valence electrons. The number of fused-ring (bicyclic) bond motifs is 1. The molecule has 1 aromatic carbocycles. The fourth-order valence-electron chi connectivity index (χ4n) is 5.15. The van der Waals surface area contributed by atoms with Crippen molar-refractivity contribution in [3.05, 3.63) is 39.3 Å². The van der Waals surface area contributed by atoms with Crippen molar-refractivity contribution in [3.63, 3.8) is 0 Å². The van der Waals surface area contributed by atoms with Gasteiger partial charge in [-0.1, -0.05) is 17.4 Å². The molecule has 1 N–H and O–H groups in total. The van der Waals surface area contributed by atoms with Gasteiger partial charge in [0.15, 0.2) is 5.01 Å². The van der Waals surface area contributed by atoms with E-state index in [1.807, 2.05) is 6.92 Å². The van der Waals surface area contributed by atoms with Gasteiger partial charge in [-0.05, 0) is 38.0 Å². The average molecular weight is 630 g/mol. The second kappa shape index (κ2) is 11.1. The number of carbonyl (C=O) groups is 1. The third kappa shape index (κ3) is 5.11. The van der Waals surface area contributed by atoms with Gasteiger partial charge in [0, 0.05) is 38.8 Å². The van der Waals surface area contributed by atoms with Crippen LogP contribution in [0.3, 0.4) is 0 Å². The van der Waals surface area contributed by atoms with Crippen LogP contribution in [-0.4, -0.2) is 95.7 Å². The lowest BCUT2D eigenvalue weighted by Gasteiger charge is -2.39. The number of nitrogens with one attached hydrogen (secondary N) is 1. The normalized spacial score (nSPS) is 18.8. The lowest BCUT2D eigenvalue weighted by atomic mass is 9.94. The van der Waals surface area contributed by atoms with Crippen LogP contribution < -0.4 is 10.4 Å². The van der Waals surface area contributed by atoms with Crippen LogP contribution in [0.1, 0.15) is 37.3 Å². The molecule has 0 bridgehead atoms. The summed E-state index contributed by atoms with van der Waals surface area (Å²) < 4.78 is 77.8. The maximum atomic E-state index is 13.8. The molecule has 1 fully saturated rings. The number of nitrogens with zero attached hydrogens (tertiary/aromatic N) is 6. The highest BCUT2D eigenvalue weighted by atomic mass is 32.2. The summed E-state index contributed by atoms with van der Waals surface area (Å²) in [7, 11) is -1.07. The quantitative estimate of drug-likeness (QED) is 0.406. The molecule has 0 spiro atoms. The van der Waals surface area contributed by atoms with Crippen LogP contribution in [0.15, 0.2) is 27.9 Å². The number of sulfonamides is 1. The molecule has 0 radical (unpaired) electrons. The lowest BCUT2D eigenvalue weighted by molar-refractivity contribution is -0.0725. The van der Waals surface area contributed by atoms with Crippen molar-refractivity contribution in [2.24, 2.45) is 0 Å². The monoisotopic (exact) mass is 629 g/mol. The second-order valence-electron chi connectivity index (χ2n) is 10.5. The number of ether oxygens (including phenoxy) is 1. The standard InChI is InChI=1S/C25H30F3N7O5S2/c1-5-33-19-17(15-6-7-34(14(2)8-15)23(36)32(3)4)9-16(42(38,39)31-25(11-26)12-40-13-25)10-18(19)35(24(33)37)22-30-29-21(41-22)20(27)28/h6,9-10,14,20,31H,5,7-8,11-13H2,1-4H3/t14-/m1/s1. The van der Waals surface area contributed by atoms with Crippen molar-refractivity contribution in [1.82, 2.24) is 33.9 Å². The summed E-state index contributed by atoms with van der Waals surface area (Å²) in [6, 6.07) is 2.21. The molecular formula is C25H30F3N7O5S2. The molecule has 5 rings (SSSR count). The molecule has 2 aliphatic heterocycles. The maximum absolute atomic E-state index is 13.8. The minimum absolute atomic E-state index is 0.108. The van der Waals surface area contributed by atoms with E-state index in [9.17, 15) is 31.2 Å². The molecule has 1 saturated heterocycles. The number of alkyl halides is 3. The van der Waals surface area contributed by atoms with Gasteiger partial charge in [0.25, 0.3) is 6.43 Å². The van der Waals surface area contributed by atoms with E-state index in [1.165, 1.54) is 21.6 Å². The van der Waals surface area contributed by atoms with Gasteiger partial charge in [0.05, 0.1) is 29.1 Å². The van der Waals surface area contributed by atoms with Crippen LogP contribution in [0.4, 0.5) is 18.0 Å². The maximum Gasteiger partial charge on any atom is 0.335 e. The Hall–Kier alpha value is -3.28. The molecule has 42 heavy (non-hydrogen) atoms. The molecule has 0 unspecified atom stereocenters. The van der Waals surface area contributed by atoms with Crippen molar-refractivity contribution in [1.29, 1.82) is 0 Å². The average Bonchev–Trinajstić information content (AvgIpc) is 3.51. The minimum Gasteiger partial charge on any atom is -0.377 e. The number of hydrogen-bond donors (Lipinski definition) is 1. The van der Waals surface area contributed by atoms with Gasteiger partial charge in [0.2, 0.25) is 15.2 Å². The Morgan fingerprint density at radius 2 is 2.00 bits per heavy atom. The first-order chi connectivity index (χ1) is 19.8. The molecule has 2 aliphatic rings. The Kier molecular flexibility index (Phi) is 7.97. The molecule has 17 heteroatoms. The third-order valence-corrected chi connectivity index (χ3v) is 9.82. The van der Waals surface area contributed by atoms with Crippen LogP contribution in [-0.2, 0) is 21.3 Å². The Balaban J connectivity index is 1.75. The molecule has 2 amide bonds. The highest BCUT2D eigenvalue weighted by Gasteiger charge is 2.43. The van der Waals surface area contributed by atoms with E-state index in [4.69, 9.17) is 4.74 Å². The first-order valence-electron chi connectivity index (χ1n) is 13.1. The molecule has 0 aliphatic carbocycles. The van der Waals surface area contributed by atoms with Crippen LogP contribution in [0.2, 0.25) is 0 Å². The highest BCUT2D eigenvalue weighted by Crippen LogP contribution is 2.36. The molecule has 1 atom stereocenters. The Labute approximate surface area is 243 Å². The van der Waals surface area contributed by atoms with Crippen molar-refractivity contribution in [2.75, 3.05) is 40.5 Å². The van der Waals surface area contributed by atoms with Crippen molar-refractivity contribution >= 4 is 44.0 Å². The van der Waals surface area contributed by atoms with Gasteiger partial charge in [-0.15, -0.1) is 10.2 Å². The Morgan fingerprint density at radius 1 is 1.29 bits per heavy atom. The van der Waals surface area contributed by atoms with E-state index in [-0.39, 0.29) is 53.9 Å². The fourth-order valence-corrected chi connectivity index (χ4v) is 7.26. The van der Waals surface area contributed by atoms with Crippen molar-refractivity contribution < 1.29 is 31.1 Å². The van der Waals surface area contributed by atoms with Gasteiger partial charge in [0.1, 0.15) is 12.2 Å². The smallest absolute Gasteiger partial charge is 0.335 e. The van der Waals surface area contributed by atoms with Gasteiger partial charge in [-0.25, -0.2) is 35.7 Å². The minimum atomic E-state index is -4.36. The number of aryl methyl sites for hydroxylation is 1. The number of urea groups is 1. The SMILES string of the molecule is CCn1c(=O)n(-c2nnc(C(F)F)s2)c2cc(S(=O)(=O)NC3(CF)COC3)cc(C3=CCN(C(=O)N(C)C)[C@H](C)C3)c21. The topological polar surface area (TPSA) is 132 Å². The van der Waals surface area contributed by atoms with Crippen LogP contribution in [0, 0.1) is 0 Å². The number of benzene rings is 1. The lowest BCUT2D eigenvalue weighted by Crippen LogP contribution is -2.63. The van der Waals surface area contributed by atoms with Crippen molar-refractivity contribution in [2.45, 2.75) is 49.7 Å². The number of hydrogen-bond acceptors (Lipinski definition) is 8. The number of rotatable bonds is 8. The van der Waals surface area contributed by atoms with E-state index in [0.717, 1.165) is 4.57 Å². The van der Waals surface area contributed by atoms with Crippen LogP contribution in [0.25, 0.3) is 21.7 Å². The van der Waals surface area contributed by atoms with Gasteiger partial charge < -0.3 is 14.5 Å². The number of carbonyl (C=O) groups excluding carboxylic acids is 1. The van der Waals surface area contributed by atoms with E-state index in [0.29, 0.717) is 34.4 Å². The van der Waals surface area contributed by atoms with Gasteiger partial charge in [-0.2, -0.15) is 4.72 Å². The summed E-state index contributed by atoms with van der Waals surface area (Å²) in [5, 5.41) is 6.55. The van der Waals surface area contributed by atoms with Gasteiger partial charge in [-0.3, -0.25) is 4.57 Å². The third-order valence-electron chi connectivity index (χ3n) is 7.35. The first-order valence-corrected chi connectivity index (χ1v) is 15.4. The van der Waals surface area contributed by atoms with E-state index in [1.54, 1.807) is 32.0 Å². The molecule has 3 aromatic rings. The van der Waals surface area contributed by atoms with Gasteiger partial charge >= 0.3 is 11.7 Å². The Morgan fingerprint density at radius 3 is 2.52 bits per heavy atom. The molecule has 12 nitrogen and oxygen atoms in total. The zero-order valence-corrected chi connectivity index (χ0v) is 24.9. The predicted octanol–water partition coefficient (Wildman–Crippen LogP) is 2.78. The summed E-state index contributed by atoms with van der Waals surface area (Å²) in [6.07, 6.45) is -0.777. The zero-order valence-electron chi connectivity index (χ0n) is 23.3. The summed E-state index contributed by atoms with van der Waals surface area (Å²) in [5.41, 5.74) is -0.462. The van der Waals surface area contributed by atoms with Crippen LogP contribution >= 0.6 is 11.3 Å². The van der Waals surface area contributed by atoms with E-state index >= 15 is 0 Å². The number of imidazole rings is 1. The number of aromatic nitrogens is 4. The predicted molar refractivity (Wildman–Crippen MR) is 149 cm³/mol. The summed E-state index contributed by atoms with van der Waals surface area (Å²) in [6.45, 7) is 2.72. The second-order valence-corrected chi connectivity index (χ2v) is 13.2.